The van der Waals surface area contributed by atoms with Gasteiger partial charge in [0.15, 0.2) is 0 Å². The minimum absolute atomic E-state index is 0.0399. The van der Waals surface area contributed by atoms with E-state index in [1.54, 1.807) is 7.05 Å². The van der Waals surface area contributed by atoms with Gasteiger partial charge in [-0.1, -0.05) is 30.3 Å². The molecule has 4 heteroatoms. The molecule has 0 radical (unpaired) electrons. The summed E-state index contributed by atoms with van der Waals surface area (Å²) in [6.07, 6.45) is 1.44. The summed E-state index contributed by atoms with van der Waals surface area (Å²) >= 11 is 0. The molecular weight excluding hydrogens is 226 g/mol. The molecule has 18 heavy (non-hydrogen) atoms. The summed E-state index contributed by atoms with van der Waals surface area (Å²) in [6, 6.07) is 10.4. The van der Waals surface area contributed by atoms with E-state index < -0.39 is 5.54 Å². The molecule has 0 aliphatic carbocycles. The van der Waals surface area contributed by atoms with Crippen LogP contribution in [0.5, 0.6) is 0 Å². The Morgan fingerprint density at radius 1 is 1.33 bits per heavy atom. The highest BCUT2D eigenvalue weighted by Crippen LogP contribution is 2.21. The monoisotopic (exact) mass is 247 g/mol. The Labute approximate surface area is 108 Å². The van der Waals surface area contributed by atoms with Crippen LogP contribution in [0.25, 0.3) is 0 Å². The molecule has 1 amide bonds. The van der Waals surface area contributed by atoms with Crippen LogP contribution >= 0.6 is 0 Å². The number of piperidine rings is 1. The molecule has 98 valence electrons. The lowest BCUT2D eigenvalue weighted by molar-refractivity contribution is -0.127. The van der Waals surface area contributed by atoms with Gasteiger partial charge in [0.05, 0.1) is 5.54 Å². The summed E-state index contributed by atoms with van der Waals surface area (Å²) in [4.78, 5) is 14.0. The van der Waals surface area contributed by atoms with Crippen LogP contribution in [0.15, 0.2) is 30.3 Å². The van der Waals surface area contributed by atoms with E-state index in [9.17, 15) is 4.79 Å². The molecule has 3 N–H and O–H groups in total. The number of amides is 1. The number of hydrogen-bond donors (Lipinski definition) is 2. The van der Waals surface area contributed by atoms with E-state index >= 15 is 0 Å². The van der Waals surface area contributed by atoms with E-state index in [-0.39, 0.29) is 5.91 Å². The maximum absolute atomic E-state index is 11.7. The third-order valence-corrected chi connectivity index (χ3v) is 3.68. The van der Waals surface area contributed by atoms with E-state index in [0.717, 1.165) is 32.5 Å². The third kappa shape index (κ3) is 2.89. The smallest absolute Gasteiger partial charge is 0.239 e. The van der Waals surface area contributed by atoms with Gasteiger partial charge < -0.3 is 11.1 Å². The van der Waals surface area contributed by atoms with Crippen LogP contribution in [0.2, 0.25) is 0 Å². The molecule has 1 aliphatic heterocycles. The molecule has 1 aromatic rings. The minimum atomic E-state index is -0.679. The van der Waals surface area contributed by atoms with Crippen molar-refractivity contribution in [3.05, 3.63) is 35.9 Å². The summed E-state index contributed by atoms with van der Waals surface area (Å²) < 4.78 is 0. The van der Waals surface area contributed by atoms with Crippen LogP contribution in [0, 0.1) is 0 Å². The van der Waals surface area contributed by atoms with Gasteiger partial charge in [-0.2, -0.15) is 0 Å². The number of nitrogens with zero attached hydrogens (tertiary/aromatic N) is 1. The molecule has 0 atom stereocenters. The molecule has 0 aromatic heterocycles. The molecule has 1 heterocycles. The molecule has 0 spiro atoms. The van der Waals surface area contributed by atoms with Crippen molar-refractivity contribution in [2.45, 2.75) is 24.9 Å². The van der Waals surface area contributed by atoms with Crippen molar-refractivity contribution in [1.29, 1.82) is 0 Å². The molecule has 1 aromatic carbocycles. The summed E-state index contributed by atoms with van der Waals surface area (Å²) in [6.45, 7) is 2.68. The Morgan fingerprint density at radius 2 is 1.94 bits per heavy atom. The van der Waals surface area contributed by atoms with Gasteiger partial charge in [0, 0.05) is 26.7 Å². The number of likely N-dealkylation sites (N-methyl/N-ethyl adjacent to an activating group) is 1. The lowest BCUT2D eigenvalue weighted by Crippen LogP contribution is -2.58. The average Bonchev–Trinajstić information content (AvgIpc) is 2.42. The summed E-state index contributed by atoms with van der Waals surface area (Å²) in [7, 11) is 1.65. The molecule has 1 saturated heterocycles. The number of nitrogens with two attached hydrogens (primary N) is 1. The predicted octanol–water partition coefficient (Wildman–Crippen LogP) is 0.726. The zero-order chi connectivity index (χ0) is 13.0. The second-order valence-corrected chi connectivity index (χ2v) is 5.00. The van der Waals surface area contributed by atoms with Crippen molar-refractivity contribution >= 4 is 5.91 Å². The van der Waals surface area contributed by atoms with Gasteiger partial charge in [0.1, 0.15) is 0 Å². The fourth-order valence-corrected chi connectivity index (χ4v) is 2.43. The number of likely N-dealkylation sites (tertiary alicyclic amines) is 1. The van der Waals surface area contributed by atoms with E-state index in [2.05, 4.69) is 34.5 Å². The molecule has 1 aliphatic rings. The van der Waals surface area contributed by atoms with Crippen LogP contribution in [0.1, 0.15) is 18.4 Å². The fourth-order valence-electron chi connectivity index (χ4n) is 2.43. The van der Waals surface area contributed by atoms with Gasteiger partial charge in [-0.05, 0) is 18.4 Å². The van der Waals surface area contributed by atoms with E-state index in [1.165, 1.54) is 5.56 Å². The van der Waals surface area contributed by atoms with Crippen molar-refractivity contribution in [1.82, 2.24) is 10.2 Å². The largest absolute Gasteiger partial charge is 0.358 e. The first-order valence-electron chi connectivity index (χ1n) is 6.41. The Balaban J connectivity index is 1.89. The van der Waals surface area contributed by atoms with Crippen molar-refractivity contribution in [3.63, 3.8) is 0 Å². The normalized spacial score (nSPS) is 19.4. The first-order chi connectivity index (χ1) is 8.64. The Bertz CT molecular complexity index is 397. The molecule has 0 saturated carbocycles. The van der Waals surface area contributed by atoms with Crippen LogP contribution in [0.4, 0.5) is 0 Å². The zero-order valence-corrected chi connectivity index (χ0v) is 10.9. The third-order valence-electron chi connectivity index (χ3n) is 3.68. The zero-order valence-electron chi connectivity index (χ0n) is 10.9. The highest BCUT2D eigenvalue weighted by atomic mass is 16.2. The highest BCUT2D eigenvalue weighted by molar-refractivity contribution is 5.85. The summed E-state index contributed by atoms with van der Waals surface area (Å²) in [5.74, 6) is -0.0399. The molecular formula is C14H21N3O. The van der Waals surface area contributed by atoms with Crippen LogP contribution in [-0.2, 0) is 11.3 Å². The topological polar surface area (TPSA) is 58.4 Å². The number of benzene rings is 1. The van der Waals surface area contributed by atoms with E-state index in [1.807, 2.05) is 6.07 Å². The van der Waals surface area contributed by atoms with Crippen molar-refractivity contribution in [2.24, 2.45) is 5.73 Å². The summed E-state index contributed by atoms with van der Waals surface area (Å²) in [5.41, 5.74) is 6.76. The first-order valence-corrected chi connectivity index (χ1v) is 6.41. The first kappa shape index (κ1) is 13.1. The molecule has 1 fully saturated rings. The highest BCUT2D eigenvalue weighted by Gasteiger charge is 2.36. The quantitative estimate of drug-likeness (QED) is 0.827. The maximum Gasteiger partial charge on any atom is 0.239 e. The van der Waals surface area contributed by atoms with Crippen molar-refractivity contribution < 1.29 is 4.79 Å². The van der Waals surface area contributed by atoms with Gasteiger partial charge in [0.2, 0.25) is 5.91 Å². The van der Waals surface area contributed by atoms with Gasteiger partial charge in [-0.3, -0.25) is 9.69 Å². The van der Waals surface area contributed by atoms with Crippen LogP contribution in [0.3, 0.4) is 0 Å². The second-order valence-electron chi connectivity index (χ2n) is 5.00. The molecule has 0 bridgehead atoms. The van der Waals surface area contributed by atoms with Gasteiger partial charge >= 0.3 is 0 Å². The molecule has 0 unspecified atom stereocenters. The Hall–Kier alpha value is -1.39. The van der Waals surface area contributed by atoms with E-state index in [0.29, 0.717) is 0 Å². The summed E-state index contributed by atoms with van der Waals surface area (Å²) in [5, 5.41) is 2.66. The SMILES string of the molecule is CNC(=O)C1(N)CCN(Cc2ccccc2)CC1. The van der Waals surface area contributed by atoms with Crippen molar-refractivity contribution in [3.8, 4) is 0 Å². The van der Waals surface area contributed by atoms with Crippen LogP contribution in [-0.4, -0.2) is 36.5 Å². The predicted molar refractivity (Wildman–Crippen MR) is 71.9 cm³/mol. The molecule has 4 nitrogen and oxygen atoms in total. The van der Waals surface area contributed by atoms with Crippen LogP contribution < -0.4 is 11.1 Å². The number of nitrogens with one attached hydrogen (secondary N) is 1. The van der Waals surface area contributed by atoms with Gasteiger partial charge in [-0.15, -0.1) is 0 Å². The second kappa shape index (κ2) is 5.50. The van der Waals surface area contributed by atoms with E-state index in [4.69, 9.17) is 5.73 Å². The Morgan fingerprint density at radius 3 is 2.50 bits per heavy atom. The lowest BCUT2D eigenvalue weighted by Gasteiger charge is -2.37. The fraction of sp³-hybridized carbons (Fsp3) is 0.500. The molecule has 2 rings (SSSR count). The Kier molecular flexibility index (Phi) is 3.99. The number of carbonyl (C=O) groups excluding carboxylic acids is 1. The van der Waals surface area contributed by atoms with Crippen molar-refractivity contribution in [2.75, 3.05) is 20.1 Å². The number of carbonyl (C=O) groups is 1. The van der Waals surface area contributed by atoms with Gasteiger partial charge in [-0.25, -0.2) is 0 Å². The van der Waals surface area contributed by atoms with Gasteiger partial charge in [0.25, 0.3) is 0 Å². The lowest BCUT2D eigenvalue weighted by atomic mass is 9.87. The number of hydrogen-bond acceptors (Lipinski definition) is 3. The average molecular weight is 247 g/mol. The minimum Gasteiger partial charge on any atom is -0.358 e. The maximum atomic E-state index is 11.7. The number of rotatable bonds is 3. The standard InChI is InChI=1S/C14H21N3O/c1-16-13(18)14(15)7-9-17(10-8-14)11-12-5-3-2-4-6-12/h2-6H,7-11,15H2,1H3,(H,16,18).